The number of halogens is 1. The normalized spacial score (nSPS) is 17.0. The zero-order chi connectivity index (χ0) is 19.1. The van der Waals surface area contributed by atoms with Gasteiger partial charge in [0.25, 0.3) is 0 Å². The van der Waals surface area contributed by atoms with Gasteiger partial charge >= 0.3 is 0 Å². The average Bonchev–Trinajstić information content (AvgIpc) is 2.71. The smallest absolute Gasteiger partial charge is 0.225 e. The summed E-state index contributed by atoms with van der Waals surface area (Å²) in [6.07, 6.45) is 8.60. The Morgan fingerprint density at radius 2 is 2.07 bits per heavy atom. The number of piperidine rings is 1. The van der Waals surface area contributed by atoms with Gasteiger partial charge in [0.15, 0.2) is 0 Å². The number of benzene rings is 1. The molecule has 5 nitrogen and oxygen atoms in total. The summed E-state index contributed by atoms with van der Waals surface area (Å²) < 4.78 is 13.4. The molecule has 1 amide bonds. The molecule has 0 bridgehead atoms. The van der Waals surface area contributed by atoms with Gasteiger partial charge in [-0.1, -0.05) is 31.9 Å². The summed E-state index contributed by atoms with van der Waals surface area (Å²) in [5.41, 5.74) is 1.53. The minimum Gasteiger partial charge on any atom is -0.356 e. The van der Waals surface area contributed by atoms with Crippen LogP contribution in [0.4, 0.5) is 10.3 Å². The monoisotopic (exact) mass is 370 g/mol. The molecule has 0 unspecified atom stereocenters. The van der Waals surface area contributed by atoms with Gasteiger partial charge in [-0.25, -0.2) is 14.4 Å². The fraction of sp³-hybridized carbons (Fsp3) is 0.476. The number of nitrogens with zero attached hydrogens (tertiary/aromatic N) is 3. The number of aromatic nitrogens is 2. The van der Waals surface area contributed by atoms with E-state index in [-0.39, 0.29) is 17.6 Å². The lowest BCUT2D eigenvalue weighted by Crippen LogP contribution is -2.43. The summed E-state index contributed by atoms with van der Waals surface area (Å²) in [4.78, 5) is 23.4. The molecule has 1 saturated heterocycles. The quantitative estimate of drug-likeness (QED) is 0.753. The summed E-state index contributed by atoms with van der Waals surface area (Å²) in [6.45, 7) is 4.39. The minimum atomic E-state index is -0.277. The van der Waals surface area contributed by atoms with E-state index >= 15 is 0 Å². The predicted molar refractivity (Wildman–Crippen MR) is 105 cm³/mol. The van der Waals surface area contributed by atoms with E-state index in [2.05, 4.69) is 27.1 Å². The molecule has 2 heterocycles. The van der Waals surface area contributed by atoms with Gasteiger partial charge in [0.1, 0.15) is 5.82 Å². The highest BCUT2D eigenvalue weighted by atomic mass is 19.1. The standard InChI is InChI=1S/C21H27FN4O/c1-2-3-4-10-23-20(27)17-8-6-11-26(15-17)21-24-13-18(14-25-21)16-7-5-9-19(22)12-16/h5,7,9,12-14,17H,2-4,6,8,10-11,15H2,1H3,(H,23,27)/t17-/m1/s1. The second-order valence-electron chi connectivity index (χ2n) is 7.07. The molecular formula is C21H27FN4O. The van der Waals surface area contributed by atoms with Crippen LogP contribution >= 0.6 is 0 Å². The molecule has 0 aliphatic carbocycles. The number of carbonyl (C=O) groups is 1. The van der Waals surface area contributed by atoms with E-state index in [1.54, 1.807) is 18.5 Å². The van der Waals surface area contributed by atoms with Gasteiger partial charge in [-0.2, -0.15) is 0 Å². The lowest BCUT2D eigenvalue weighted by molar-refractivity contribution is -0.125. The molecule has 1 aliphatic rings. The van der Waals surface area contributed by atoms with Gasteiger partial charge in [0, 0.05) is 37.6 Å². The Morgan fingerprint density at radius 3 is 2.81 bits per heavy atom. The minimum absolute atomic E-state index is 0.0214. The zero-order valence-electron chi connectivity index (χ0n) is 15.8. The Kier molecular flexibility index (Phi) is 6.74. The van der Waals surface area contributed by atoms with Crippen molar-refractivity contribution in [3.8, 4) is 11.1 Å². The third-order valence-electron chi connectivity index (χ3n) is 4.95. The first-order valence-corrected chi connectivity index (χ1v) is 9.78. The summed E-state index contributed by atoms with van der Waals surface area (Å²) in [5.74, 6) is 0.457. The van der Waals surface area contributed by atoms with Crippen molar-refractivity contribution in [2.75, 3.05) is 24.5 Å². The Labute approximate surface area is 160 Å². The van der Waals surface area contributed by atoms with E-state index < -0.39 is 0 Å². The molecule has 0 saturated carbocycles. The first kappa shape index (κ1) is 19.3. The zero-order valence-corrected chi connectivity index (χ0v) is 15.8. The number of rotatable bonds is 7. The Morgan fingerprint density at radius 1 is 1.26 bits per heavy atom. The third kappa shape index (κ3) is 5.25. The highest BCUT2D eigenvalue weighted by molar-refractivity contribution is 5.79. The van der Waals surface area contributed by atoms with E-state index in [0.29, 0.717) is 12.5 Å². The number of hydrogen-bond donors (Lipinski definition) is 1. The van der Waals surface area contributed by atoms with Crippen LogP contribution in [0.5, 0.6) is 0 Å². The Hall–Kier alpha value is -2.50. The summed E-state index contributed by atoms with van der Waals surface area (Å²) >= 11 is 0. The topological polar surface area (TPSA) is 58.1 Å². The lowest BCUT2D eigenvalue weighted by Gasteiger charge is -2.32. The van der Waals surface area contributed by atoms with E-state index in [1.807, 2.05) is 6.07 Å². The first-order valence-electron chi connectivity index (χ1n) is 9.78. The molecule has 1 N–H and O–H groups in total. The molecular weight excluding hydrogens is 343 g/mol. The summed E-state index contributed by atoms with van der Waals surface area (Å²) in [7, 11) is 0. The van der Waals surface area contributed by atoms with Gasteiger partial charge in [0.2, 0.25) is 11.9 Å². The maximum absolute atomic E-state index is 13.4. The van der Waals surface area contributed by atoms with E-state index in [1.165, 1.54) is 12.1 Å². The molecule has 0 spiro atoms. The van der Waals surface area contributed by atoms with Gasteiger partial charge in [-0.3, -0.25) is 4.79 Å². The second-order valence-corrected chi connectivity index (χ2v) is 7.07. The lowest BCUT2D eigenvalue weighted by atomic mass is 9.97. The number of hydrogen-bond acceptors (Lipinski definition) is 4. The molecule has 1 atom stereocenters. The van der Waals surface area contributed by atoms with Crippen molar-refractivity contribution in [3.05, 3.63) is 42.5 Å². The fourth-order valence-electron chi connectivity index (χ4n) is 3.41. The molecule has 6 heteroatoms. The van der Waals surface area contributed by atoms with Crippen LogP contribution in [0.1, 0.15) is 39.0 Å². The molecule has 1 aromatic carbocycles. The molecule has 144 valence electrons. The SMILES string of the molecule is CCCCCNC(=O)[C@@H]1CCCN(c2ncc(-c3cccc(F)c3)cn2)C1. The molecule has 1 aromatic heterocycles. The molecule has 0 radical (unpaired) electrons. The number of amides is 1. The van der Waals surface area contributed by atoms with Crippen LogP contribution < -0.4 is 10.2 Å². The van der Waals surface area contributed by atoms with Crippen molar-refractivity contribution in [1.29, 1.82) is 0 Å². The highest BCUT2D eigenvalue weighted by Crippen LogP contribution is 2.23. The Bertz CT molecular complexity index is 750. The molecule has 27 heavy (non-hydrogen) atoms. The number of unbranched alkanes of at least 4 members (excludes halogenated alkanes) is 2. The maximum atomic E-state index is 13.4. The van der Waals surface area contributed by atoms with Gasteiger partial charge in [-0.05, 0) is 37.0 Å². The van der Waals surface area contributed by atoms with Crippen LogP contribution in [0.15, 0.2) is 36.7 Å². The number of carbonyl (C=O) groups excluding carboxylic acids is 1. The van der Waals surface area contributed by atoms with Crippen molar-refractivity contribution in [2.24, 2.45) is 5.92 Å². The van der Waals surface area contributed by atoms with E-state index in [4.69, 9.17) is 0 Å². The summed E-state index contributed by atoms with van der Waals surface area (Å²) in [6, 6.07) is 6.40. The van der Waals surface area contributed by atoms with Gasteiger partial charge < -0.3 is 10.2 Å². The van der Waals surface area contributed by atoms with Crippen LogP contribution in [0.2, 0.25) is 0 Å². The van der Waals surface area contributed by atoms with Crippen LogP contribution in [-0.2, 0) is 4.79 Å². The first-order chi connectivity index (χ1) is 13.2. The summed E-state index contributed by atoms with van der Waals surface area (Å²) in [5, 5.41) is 3.05. The van der Waals surface area contributed by atoms with Crippen molar-refractivity contribution < 1.29 is 9.18 Å². The largest absolute Gasteiger partial charge is 0.356 e. The molecule has 3 rings (SSSR count). The highest BCUT2D eigenvalue weighted by Gasteiger charge is 2.26. The number of nitrogens with one attached hydrogen (secondary N) is 1. The van der Waals surface area contributed by atoms with E-state index in [0.717, 1.165) is 56.3 Å². The number of anilines is 1. The van der Waals surface area contributed by atoms with Crippen LogP contribution in [0.25, 0.3) is 11.1 Å². The van der Waals surface area contributed by atoms with Gasteiger partial charge in [0.05, 0.1) is 5.92 Å². The fourth-order valence-corrected chi connectivity index (χ4v) is 3.41. The average molecular weight is 370 g/mol. The van der Waals surface area contributed by atoms with Crippen molar-refractivity contribution in [3.63, 3.8) is 0 Å². The Balaban J connectivity index is 1.60. The molecule has 1 aliphatic heterocycles. The van der Waals surface area contributed by atoms with Crippen LogP contribution in [0, 0.1) is 11.7 Å². The maximum Gasteiger partial charge on any atom is 0.225 e. The van der Waals surface area contributed by atoms with Crippen LogP contribution in [0.3, 0.4) is 0 Å². The molecule has 2 aromatic rings. The van der Waals surface area contributed by atoms with Crippen LogP contribution in [-0.4, -0.2) is 35.5 Å². The predicted octanol–water partition coefficient (Wildman–Crippen LogP) is 3.81. The van der Waals surface area contributed by atoms with Crippen molar-refractivity contribution in [2.45, 2.75) is 39.0 Å². The van der Waals surface area contributed by atoms with Crippen molar-refractivity contribution >= 4 is 11.9 Å². The van der Waals surface area contributed by atoms with Gasteiger partial charge in [-0.15, -0.1) is 0 Å². The second kappa shape index (κ2) is 9.44. The molecule has 1 fully saturated rings. The third-order valence-corrected chi connectivity index (χ3v) is 4.95. The van der Waals surface area contributed by atoms with Crippen molar-refractivity contribution in [1.82, 2.24) is 15.3 Å². The van der Waals surface area contributed by atoms with E-state index in [9.17, 15) is 9.18 Å².